The average Bonchev–Trinajstić information content (AvgIpc) is 2.77. The quantitative estimate of drug-likeness (QED) is 0.710. The molecule has 0 saturated carbocycles. The molecule has 1 atom stereocenters. The number of nitrogens with zero attached hydrogens (tertiary/aromatic N) is 2. The number of piperazine rings is 1. The van der Waals surface area contributed by atoms with E-state index in [-0.39, 0.29) is 0 Å². The monoisotopic (exact) mass is 202 g/mol. The highest BCUT2D eigenvalue weighted by atomic mass is 15.1. The number of pyridine rings is 1. The number of nitrogens with one attached hydrogen (secondary N) is 2. The molecule has 15 heavy (non-hydrogen) atoms. The lowest BCUT2D eigenvalue weighted by Crippen LogP contribution is -2.42. The molecule has 2 aromatic rings. The van der Waals surface area contributed by atoms with E-state index in [1.54, 1.807) is 0 Å². The zero-order valence-electron chi connectivity index (χ0n) is 8.48. The van der Waals surface area contributed by atoms with Crippen molar-refractivity contribution in [3.8, 4) is 0 Å². The van der Waals surface area contributed by atoms with E-state index >= 15 is 0 Å². The lowest BCUT2D eigenvalue weighted by Gasteiger charge is -2.24. The molecule has 0 bridgehead atoms. The Kier molecular flexibility index (Phi) is 2.16. The average molecular weight is 202 g/mol. The van der Waals surface area contributed by atoms with Crippen LogP contribution in [-0.2, 0) is 0 Å². The van der Waals surface area contributed by atoms with Gasteiger partial charge in [-0.15, -0.1) is 0 Å². The number of aromatic nitrogens is 2. The molecule has 1 aliphatic heterocycles. The fourth-order valence-electron chi connectivity index (χ4n) is 2.03. The maximum absolute atomic E-state index is 4.23. The van der Waals surface area contributed by atoms with Crippen molar-refractivity contribution < 1.29 is 0 Å². The van der Waals surface area contributed by atoms with Gasteiger partial charge in [0.1, 0.15) is 5.65 Å². The van der Waals surface area contributed by atoms with Crippen LogP contribution in [-0.4, -0.2) is 29.0 Å². The molecule has 0 spiro atoms. The van der Waals surface area contributed by atoms with Gasteiger partial charge in [0.15, 0.2) is 0 Å². The van der Waals surface area contributed by atoms with Crippen LogP contribution in [0.15, 0.2) is 30.7 Å². The molecule has 1 unspecified atom stereocenters. The van der Waals surface area contributed by atoms with Crippen molar-refractivity contribution in [3.05, 3.63) is 36.3 Å². The molecule has 1 saturated heterocycles. The Hall–Kier alpha value is -1.39. The van der Waals surface area contributed by atoms with Gasteiger partial charge in [0, 0.05) is 44.3 Å². The first-order valence-electron chi connectivity index (χ1n) is 5.30. The van der Waals surface area contributed by atoms with Gasteiger partial charge in [-0.05, 0) is 11.6 Å². The van der Waals surface area contributed by atoms with E-state index < -0.39 is 0 Å². The smallest absolute Gasteiger partial charge is 0.136 e. The second-order valence-corrected chi connectivity index (χ2v) is 3.87. The number of hydrogen-bond donors (Lipinski definition) is 2. The van der Waals surface area contributed by atoms with Crippen molar-refractivity contribution in [2.45, 2.75) is 6.04 Å². The highest BCUT2D eigenvalue weighted by molar-refractivity contribution is 5.40. The van der Waals surface area contributed by atoms with Crippen LogP contribution >= 0.6 is 0 Å². The Morgan fingerprint density at radius 2 is 2.33 bits per heavy atom. The Morgan fingerprint density at radius 3 is 3.20 bits per heavy atom. The van der Waals surface area contributed by atoms with Gasteiger partial charge in [-0.25, -0.2) is 4.98 Å². The summed E-state index contributed by atoms with van der Waals surface area (Å²) >= 11 is 0. The van der Waals surface area contributed by atoms with Gasteiger partial charge in [0.05, 0.1) is 0 Å². The van der Waals surface area contributed by atoms with Crippen LogP contribution in [0.3, 0.4) is 0 Å². The van der Waals surface area contributed by atoms with Crippen LogP contribution in [0.25, 0.3) is 5.65 Å². The predicted molar refractivity (Wildman–Crippen MR) is 58.8 cm³/mol. The third-order valence-electron chi connectivity index (χ3n) is 2.85. The highest BCUT2D eigenvalue weighted by Crippen LogP contribution is 2.14. The van der Waals surface area contributed by atoms with Crippen molar-refractivity contribution in [3.63, 3.8) is 0 Å². The molecule has 0 amide bonds. The minimum absolute atomic E-state index is 0.422. The second kappa shape index (κ2) is 3.64. The fourth-order valence-corrected chi connectivity index (χ4v) is 2.03. The van der Waals surface area contributed by atoms with Crippen molar-refractivity contribution in [1.29, 1.82) is 0 Å². The largest absolute Gasteiger partial charge is 0.314 e. The molecule has 78 valence electrons. The molecule has 4 nitrogen and oxygen atoms in total. The molecule has 3 heterocycles. The lowest BCUT2D eigenvalue weighted by atomic mass is 10.1. The minimum Gasteiger partial charge on any atom is -0.314 e. The molecule has 1 aliphatic rings. The maximum atomic E-state index is 4.23. The van der Waals surface area contributed by atoms with Gasteiger partial charge in [0.2, 0.25) is 0 Å². The molecule has 0 radical (unpaired) electrons. The van der Waals surface area contributed by atoms with E-state index in [9.17, 15) is 0 Å². The van der Waals surface area contributed by atoms with Gasteiger partial charge in [-0.3, -0.25) is 0 Å². The Bertz CT molecular complexity index is 456. The Labute approximate surface area is 88.3 Å². The summed E-state index contributed by atoms with van der Waals surface area (Å²) in [6.45, 7) is 3.09. The van der Waals surface area contributed by atoms with E-state index in [1.807, 2.05) is 12.4 Å². The van der Waals surface area contributed by atoms with Crippen molar-refractivity contribution in [2.75, 3.05) is 19.6 Å². The standard InChI is InChI=1S/C11H14N4/c1-2-11-14-5-6-15(11)8-9(1)10-7-12-3-4-13-10/h1-2,5-6,8,10,12-13H,3-4,7H2. The van der Waals surface area contributed by atoms with Crippen LogP contribution in [0.4, 0.5) is 0 Å². The van der Waals surface area contributed by atoms with Crippen LogP contribution in [0, 0.1) is 0 Å². The lowest BCUT2D eigenvalue weighted by molar-refractivity contribution is 0.429. The maximum Gasteiger partial charge on any atom is 0.136 e. The normalized spacial score (nSPS) is 22.0. The number of imidazole rings is 1. The summed E-state index contributed by atoms with van der Waals surface area (Å²) in [7, 11) is 0. The molecule has 0 aliphatic carbocycles. The van der Waals surface area contributed by atoms with E-state index in [4.69, 9.17) is 0 Å². The summed E-state index contributed by atoms with van der Waals surface area (Å²) < 4.78 is 2.06. The van der Waals surface area contributed by atoms with Gasteiger partial charge in [-0.2, -0.15) is 0 Å². The fraction of sp³-hybridized carbons (Fsp3) is 0.364. The van der Waals surface area contributed by atoms with Crippen molar-refractivity contribution in [1.82, 2.24) is 20.0 Å². The van der Waals surface area contributed by atoms with Gasteiger partial charge < -0.3 is 15.0 Å². The third-order valence-corrected chi connectivity index (χ3v) is 2.85. The summed E-state index contributed by atoms with van der Waals surface area (Å²) in [5.41, 5.74) is 2.32. The zero-order valence-corrected chi connectivity index (χ0v) is 8.48. The number of fused-ring (bicyclic) bond motifs is 1. The first-order valence-corrected chi connectivity index (χ1v) is 5.30. The Balaban J connectivity index is 1.95. The molecular formula is C11H14N4. The van der Waals surface area contributed by atoms with Crippen LogP contribution in [0.1, 0.15) is 11.6 Å². The van der Waals surface area contributed by atoms with E-state index in [2.05, 4.69) is 38.3 Å². The summed E-state index contributed by atoms with van der Waals surface area (Å²) in [5.74, 6) is 0. The van der Waals surface area contributed by atoms with Gasteiger partial charge in [-0.1, -0.05) is 6.07 Å². The summed E-state index contributed by atoms with van der Waals surface area (Å²) in [5, 5.41) is 6.88. The molecule has 4 heteroatoms. The summed E-state index contributed by atoms with van der Waals surface area (Å²) in [6, 6.07) is 4.63. The topological polar surface area (TPSA) is 41.4 Å². The number of rotatable bonds is 1. The first kappa shape index (κ1) is 8.88. The SMILES string of the molecule is c1cn2cc(C3CNCCN3)ccc2n1. The molecule has 3 rings (SSSR count). The van der Waals surface area contributed by atoms with Crippen LogP contribution in [0.2, 0.25) is 0 Å². The van der Waals surface area contributed by atoms with Gasteiger partial charge in [0.25, 0.3) is 0 Å². The predicted octanol–water partition coefficient (Wildman–Crippen LogP) is 0.568. The van der Waals surface area contributed by atoms with Crippen molar-refractivity contribution >= 4 is 5.65 Å². The van der Waals surface area contributed by atoms with Crippen LogP contribution < -0.4 is 10.6 Å². The molecule has 1 fully saturated rings. The molecule has 2 aromatic heterocycles. The minimum atomic E-state index is 0.422. The van der Waals surface area contributed by atoms with Gasteiger partial charge >= 0.3 is 0 Å². The number of hydrogen-bond acceptors (Lipinski definition) is 3. The summed E-state index contributed by atoms with van der Waals surface area (Å²) in [6.07, 6.45) is 5.95. The van der Waals surface area contributed by atoms with E-state index in [1.165, 1.54) is 5.56 Å². The van der Waals surface area contributed by atoms with Crippen LogP contribution in [0.5, 0.6) is 0 Å². The summed E-state index contributed by atoms with van der Waals surface area (Å²) in [4.78, 5) is 4.23. The highest BCUT2D eigenvalue weighted by Gasteiger charge is 2.14. The van der Waals surface area contributed by atoms with E-state index in [0.29, 0.717) is 6.04 Å². The molecular weight excluding hydrogens is 188 g/mol. The van der Waals surface area contributed by atoms with E-state index in [0.717, 1.165) is 25.3 Å². The second-order valence-electron chi connectivity index (χ2n) is 3.87. The molecule has 2 N–H and O–H groups in total. The van der Waals surface area contributed by atoms with Crippen molar-refractivity contribution in [2.24, 2.45) is 0 Å². The zero-order chi connectivity index (χ0) is 10.1. The molecule has 0 aromatic carbocycles. The Morgan fingerprint density at radius 1 is 1.33 bits per heavy atom. The third kappa shape index (κ3) is 1.62. The first-order chi connectivity index (χ1) is 7.43.